The Bertz CT molecular complexity index is 454. The fourth-order valence-electron chi connectivity index (χ4n) is 1.58. The number of nitrogens with one attached hydrogen (secondary N) is 1. The second-order valence-corrected chi connectivity index (χ2v) is 3.77. The highest BCUT2D eigenvalue weighted by Crippen LogP contribution is 2.18. The van der Waals surface area contributed by atoms with Crippen LogP contribution in [0.5, 0.6) is 0 Å². The molecule has 0 bridgehead atoms. The minimum Gasteiger partial charge on any atom is -0.362 e. The molecule has 2 rings (SSSR count). The predicted octanol–water partition coefficient (Wildman–Crippen LogP) is 2.96. The Labute approximate surface area is 95.6 Å². The van der Waals surface area contributed by atoms with Gasteiger partial charge in [-0.3, -0.25) is 4.98 Å². The first-order valence-electron chi connectivity index (χ1n) is 5.36. The van der Waals surface area contributed by atoms with Crippen molar-refractivity contribution in [2.45, 2.75) is 19.9 Å². The standard InChI is InChI=1S/C13H15N3/c1-10(12-6-4-3-5-7-12)16-13-11(2)14-8-9-15-13/h3-10H,1-2H3,(H,15,16). The summed E-state index contributed by atoms with van der Waals surface area (Å²) < 4.78 is 0. The van der Waals surface area contributed by atoms with Gasteiger partial charge in [0, 0.05) is 12.4 Å². The number of anilines is 1. The third-order valence-corrected chi connectivity index (χ3v) is 2.53. The monoisotopic (exact) mass is 213 g/mol. The van der Waals surface area contributed by atoms with Crippen molar-refractivity contribution < 1.29 is 0 Å². The van der Waals surface area contributed by atoms with E-state index in [0.717, 1.165) is 11.5 Å². The molecule has 1 heterocycles. The van der Waals surface area contributed by atoms with E-state index >= 15 is 0 Å². The van der Waals surface area contributed by atoms with Gasteiger partial charge in [0.25, 0.3) is 0 Å². The van der Waals surface area contributed by atoms with Crippen LogP contribution in [-0.2, 0) is 0 Å². The Hall–Kier alpha value is -1.90. The van der Waals surface area contributed by atoms with E-state index in [4.69, 9.17) is 0 Å². The van der Waals surface area contributed by atoms with Crippen molar-refractivity contribution in [3.63, 3.8) is 0 Å². The SMILES string of the molecule is Cc1nccnc1NC(C)c1ccccc1. The number of hydrogen-bond donors (Lipinski definition) is 1. The molecule has 0 saturated heterocycles. The van der Waals surface area contributed by atoms with Gasteiger partial charge in [-0.15, -0.1) is 0 Å². The van der Waals surface area contributed by atoms with Crippen LogP contribution in [0, 0.1) is 6.92 Å². The highest BCUT2D eigenvalue weighted by molar-refractivity contribution is 5.41. The highest BCUT2D eigenvalue weighted by Gasteiger charge is 2.06. The molecule has 0 aliphatic heterocycles. The molecule has 0 saturated carbocycles. The zero-order valence-electron chi connectivity index (χ0n) is 9.51. The van der Waals surface area contributed by atoms with E-state index in [1.807, 2.05) is 25.1 Å². The second kappa shape index (κ2) is 4.75. The Kier molecular flexibility index (Phi) is 3.15. The van der Waals surface area contributed by atoms with Crippen LogP contribution in [0.2, 0.25) is 0 Å². The maximum absolute atomic E-state index is 4.27. The third-order valence-electron chi connectivity index (χ3n) is 2.53. The fraction of sp³-hybridized carbons (Fsp3) is 0.231. The topological polar surface area (TPSA) is 37.8 Å². The summed E-state index contributed by atoms with van der Waals surface area (Å²) in [6, 6.07) is 10.5. The van der Waals surface area contributed by atoms with Gasteiger partial charge in [0.15, 0.2) is 0 Å². The first kappa shape index (κ1) is 10.6. The van der Waals surface area contributed by atoms with E-state index in [0.29, 0.717) is 0 Å². The molecule has 0 radical (unpaired) electrons. The summed E-state index contributed by atoms with van der Waals surface area (Å²) in [5.74, 6) is 0.846. The molecule has 16 heavy (non-hydrogen) atoms. The number of benzene rings is 1. The van der Waals surface area contributed by atoms with E-state index in [9.17, 15) is 0 Å². The molecule has 1 aromatic carbocycles. The lowest BCUT2D eigenvalue weighted by Crippen LogP contribution is -2.09. The molecule has 0 amide bonds. The zero-order valence-corrected chi connectivity index (χ0v) is 9.51. The van der Waals surface area contributed by atoms with Crippen LogP contribution in [-0.4, -0.2) is 9.97 Å². The average molecular weight is 213 g/mol. The lowest BCUT2D eigenvalue weighted by atomic mass is 10.1. The van der Waals surface area contributed by atoms with Gasteiger partial charge >= 0.3 is 0 Å². The van der Waals surface area contributed by atoms with Crippen molar-refractivity contribution in [3.05, 3.63) is 54.0 Å². The molecule has 1 aromatic heterocycles. The van der Waals surface area contributed by atoms with E-state index < -0.39 is 0 Å². The molecular formula is C13H15N3. The smallest absolute Gasteiger partial charge is 0.147 e. The van der Waals surface area contributed by atoms with Gasteiger partial charge in [0.1, 0.15) is 5.82 Å². The molecule has 0 spiro atoms. The van der Waals surface area contributed by atoms with Crippen molar-refractivity contribution in [1.82, 2.24) is 9.97 Å². The summed E-state index contributed by atoms with van der Waals surface area (Å²) in [5.41, 5.74) is 2.16. The van der Waals surface area contributed by atoms with Crippen molar-refractivity contribution >= 4 is 5.82 Å². The van der Waals surface area contributed by atoms with Crippen molar-refractivity contribution in [3.8, 4) is 0 Å². The van der Waals surface area contributed by atoms with Gasteiger partial charge in [-0.05, 0) is 19.4 Å². The largest absolute Gasteiger partial charge is 0.362 e. The Morgan fingerprint density at radius 3 is 2.44 bits per heavy atom. The molecular weight excluding hydrogens is 198 g/mol. The van der Waals surface area contributed by atoms with E-state index in [1.165, 1.54) is 5.56 Å². The predicted molar refractivity (Wildman–Crippen MR) is 65.2 cm³/mol. The van der Waals surface area contributed by atoms with Crippen molar-refractivity contribution in [2.24, 2.45) is 0 Å². The first-order chi connectivity index (χ1) is 7.77. The number of nitrogens with zero attached hydrogens (tertiary/aromatic N) is 2. The number of hydrogen-bond acceptors (Lipinski definition) is 3. The quantitative estimate of drug-likeness (QED) is 0.851. The Morgan fingerprint density at radius 1 is 1.06 bits per heavy atom. The van der Waals surface area contributed by atoms with E-state index in [-0.39, 0.29) is 6.04 Å². The van der Waals surface area contributed by atoms with Gasteiger partial charge in [-0.1, -0.05) is 30.3 Å². The van der Waals surface area contributed by atoms with Crippen LogP contribution in [0.3, 0.4) is 0 Å². The molecule has 0 aliphatic rings. The lowest BCUT2D eigenvalue weighted by Gasteiger charge is -2.15. The summed E-state index contributed by atoms with van der Waals surface area (Å²) in [7, 11) is 0. The van der Waals surface area contributed by atoms with Crippen LogP contribution < -0.4 is 5.32 Å². The number of rotatable bonds is 3. The van der Waals surface area contributed by atoms with Crippen molar-refractivity contribution in [1.29, 1.82) is 0 Å². The summed E-state index contributed by atoms with van der Waals surface area (Å²) in [5, 5.41) is 3.35. The van der Waals surface area contributed by atoms with Gasteiger partial charge < -0.3 is 5.32 Å². The summed E-state index contributed by atoms with van der Waals surface area (Å²) in [6.07, 6.45) is 3.40. The molecule has 3 heteroatoms. The molecule has 0 aliphatic carbocycles. The van der Waals surface area contributed by atoms with Crippen LogP contribution in [0.25, 0.3) is 0 Å². The minimum absolute atomic E-state index is 0.233. The van der Waals surface area contributed by atoms with Gasteiger partial charge in [-0.25, -0.2) is 4.98 Å². The number of aromatic nitrogens is 2. The molecule has 2 aromatic rings. The highest BCUT2D eigenvalue weighted by atomic mass is 15.0. The maximum atomic E-state index is 4.27. The first-order valence-corrected chi connectivity index (χ1v) is 5.36. The van der Waals surface area contributed by atoms with Crippen LogP contribution in [0.15, 0.2) is 42.7 Å². The van der Waals surface area contributed by atoms with Crippen molar-refractivity contribution in [2.75, 3.05) is 5.32 Å². The average Bonchev–Trinajstić information content (AvgIpc) is 2.33. The van der Waals surface area contributed by atoms with Crippen LogP contribution in [0.1, 0.15) is 24.2 Å². The van der Waals surface area contributed by atoms with Gasteiger partial charge in [-0.2, -0.15) is 0 Å². The summed E-state index contributed by atoms with van der Waals surface area (Å²) >= 11 is 0. The molecule has 1 N–H and O–H groups in total. The third kappa shape index (κ3) is 2.37. The lowest BCUT2D eigenvalue weighted by molar-refractivity contribution is 0.866. The zero-order chi connectivity index (χ0) is 11.4. The molecule has 1 atom stereocenters. The fourth-order valence-corrected chi connectivity index (χ4v) is 1.58. The normalized spacial score (nSPS) is 12.1. The van der Waals surface area contributed by atoms with Crippen LogP contribution in [0.4, 0.5) is 5.82 Å². The molecule has 0 fully saturated rings. The van der Waals surface area contributed by atoms with Gasteiger partial charge in [0.2, 0.25) is 0 Å². The second-order valence-electron chi connectivity index (χ2n) is 3.77. The number of aryl methyl sites for hydroxylation is 1. The Balaban J connectivity index is 2.14. The summed E-state index contributed by atoms with van der Waals surface area (Å²) in [6.45, 7) is 4.07. The minimum atomic E-state index is 0.233. The molecule has 1 unspecified atom stereocenters. The maximum Gasteiger partial charge on any atom is 0.147 e. The van der Waals surface area contributed by atoms with Gasteiger partial charge in [0.05, 0.1) is 11.7 Å². The molecule has 3 nitrogen and oxygen atoms in total. The molecule has 82 valence electrons. The van der Waals surface area contributed by atoms with Crippen LogP contribution >= 0.6 is 0 Å². The Morgan fingerprint density at radius 2 is 1.75 bits per heavy atom. The van der Waals surface area contributed by atoms with E-state index in [1.54, 1.807) is 12.4 Å². The van der Waals surface area contributed by atoms with E-state index in [2.05, 4.69) is 34.3 Å². The summed E-state index contributed by atoms with van der Waals surface area (Å²) in [4.78, 5) is 8.47.